The number of hydrogen-bond donors (Lipinski definition) is 2. The van der Waals surface area contributed by atoms with Gasteiger partial charge in [0.1, 0.15) is 0 Å². The maximum Gasteiger partial charge on any atom is 0.363 e. The van der Waals surface area contributed by atoms with E-state index >= 15 is 0 Å². The largest absolute Gasteiger partial charge is 0.363 e. The van der Waals surface area contributed by atoms with Gasteiger partial charge in [-0.25, -0.2) is 17.9 Å². The van der Waals surface area contributed by atoms with Gasteiger partial charge in [0.2, 0.25) is 10.0 Å². The molecule has 1 saturated carbocycles. The zero-order chi connectivity index (χ0) is 22.7. The number of carbonyl (C=O) groups excluding carboxylic acids is 1. The lowest BCUT2D eigenvalue weighted by molar-refractivity contribution is 0.208. The quantitative estimate of drug-likeness (QED) is 0.329. The van der Waals surface area contributed by atoms with Gasteiger partial charge in [-0.1, -0.05) is 58.1 Å². The summed E-state index contributed by atoms with van der Waals surface area (Å²) in [5.74, 6) is 0. The molecular weight excluding hydrogens is 439 g/mol. The van der Waals surface area contributed by atoms with Gasteiger partial charge in [-0.2, -0.15) is 0 Å². The third-order valence-corrected chi connectivity index (χ3v) is 9.04. The van der Waals surface area contributed by atoms with Crippen molar-refractivity contribution in [3.63, 3.8) is 0 Å². The lowest BCUT2D eigenvalue weighted by Gasteiger charge is -2.23. The van der Waals surface area contributed by atoms with E-state index in [0.717, 1.165) is 44.9 Å². The van der Waals surface area contributed by atoms with Crippen LogP contribution in [0, 0.1) is 0 Å². The molecular formula is C21H35N2O6PS. The molecule has 0 spiro atoms. The summed E-state index contributed by atoms with van der Waals surface area (Å²) in [5.41, 5.74) is 0.204. The molecule has 0 bridgehead atoms. The van der Waals surface area contributed by atoms with Gasteiger partial charge in [-0.3, -0.25) is 4.57 Å². The van der Waals surface area contributed by atoms with E-state index in [1.165, 1.54) is 0 Å². The molecule has 0 aliphatic heterocycles. The van der Waals surface area contributed by atoms with E-state index in [1.54, 1.807) is 24.3 Å². The highest BCUT2D eigenvalue weighted by atomic mass is 32.2. The summed E-state index contributed by atoms with van der Waals surface area (Å²) in [5, 5.41) is 2.18. The molecule has 1 aliphatic carbocycles. The van der Waals surface area contributed by atoms with Crippen molar-refractivity contribution in [3.05, 3.63) is 24.3 Å². The van der Waals surface area contributed by atoms with Crippen LogP contribution in [0.2, 0.25) is 0 Å². The van der Waals surface area contributed by atoms with Gasteiger partial charge >= 0.3 is 13.6 Å². The van der Waals surface area contributed by atoms with Crippen LogP contribution in [0.5, 0.6) is 0 Å². The maximum atomic E-state index is 13.6. The van der Waals surface area contributed by atoms with Crippen molar-refractivity contribution in [2.75, 3.05) is 18.5 Å². The summed E-state index contributed by atoms with van der Waals surface area (Å²) in [4.78, 5) is 12.5. The summed E-state index contributed by atoms with van der Waals surface area (Å²) >= 11 is 0. The average molecular weight is 475 g/mol. The molecule has 10 heteroatoms. The molecule has 31 heavy (non-hydrogen) atoms. The smallest absolute Gasteiger partial charge is 0.306 e. The molecule has 1 aromatic rings. The van der Waals surface area contributed by atoms with Crippen LogP contribution in [-0.2, 0) is 23.6 Å². The second-order valence-electron chi connectivity index (χ2n) is 7.75. The summed E-state index contributed by atoms with van der Waals surface area (Å²) in [6.07, 6.45) is 6.96. The molecule has 0 unspecified atom stereocenters. The van der Waals surface area contributed by atoms with Gasteiger partial charge in [-0.05, 0) is 37.8 Å². The van der Waals surface area contributed by atoms with Crippen molar-refractivity contribution in [1.29, 1.82) is 0 Å². The number of unbranched alkanes of at least 4 members (excludes halogenated alkanes) is 2. The SMILES string of the molecule is CCCCOP(=O)(OCCCC)c1ccccc1NC(=O)NS(=O)(=O)C1CCCCC1. The minimum Gasteiger partial charge on any atom is -0.306 e. The summed E-state index contributed by atoms with van der Waals surface area (Å²) in [6.45, 7) is 4.52. The Morgan fingerprint density at radius 3 is 2.19 bits per heavy atom. The minimum atomic E-state index is -3.78. The highest BCUT2D eigenvalue weighted by molar-refractivity contribution is 7.90. The van der Waals surface area contributed by atoms with Crippen molar-refractivity contribution in [3.8, 4) is 0 Å². The number of urea groups is 1. The van der Waals surface area contributed by atoms with E-state index in [2.05, 4.69) is 10.0 Å². The number of anilines is 1. The molecule has 8 nitrogen and oxygen atoms in total. The molecule has 2 rings (SSSR count). The average Bonchev–Trinajstić information content (AvgIpc) is 2.75. The Labute approximate surface area is 186 Å². The number of para-hydroxylation sites is 1. The van der Waals surface area contributed by atoms with Crippen molar-refractivity contribution in [1.82, 2.24) is 4.72 Å². The van der Waals surface area contributed by atoms with E-state index in [9.17, 15) is 17.8 Å². The number of rotatable bonds is 12. The third-order valence-electron chi connectivity index (χ3n) is 5.19. The fourth-order valence-electron chi connectivity index (χ4n) is 3.39. The number of nitrogens with one attached hydrogen (secondary N) is 2. The van der Waals surface area contributed by atoms with E-state index in [-0.39, 0.29) is 24.2 Å². The fourth-order valence-corrected chi connectivity index (χ4v) is 6.60. The highest BCUT2D eigenvalue weighted by Crippen LogP contribution is 2.49. The van der Waals surface area contributed by atoms with Crippen molar-refractivity contribution in [2.24, 2.45) is 0 Å². The lowest BCUT2D eigenvalue weighted by Crippen LogP contribution is -2.42. The van der Waals surface area contributed by atoms with Gasteiger partial charge in [0.25, 0.3) is 0 Å². The Kier molecular flexibility index (Phi) is 10.5. The van der Waals surface area contributed by atoms with Crippen LogP contribution < -0.4 is 15.3 Å². The van der Waals surface area contributed by atoms with E-state index in [4.69, 9.17) is 9.05 Å². The molecule has 0 saturated heterocycles. The summed E-state index contributed by atoms with van der Waals surface area (Å²) in [7, 11) is -7.47. The Morgan fingerprint density at radius 2 is 1.61 bits per heavy atom. The van der Waals surface area contributed by atoms with Crippen LogP contribution in [-0.4, -0.2) is 32.9 Å². The normalized spacial score (nSPS) is 15.5. The van der Waals surface area contributed by atoms with E-state index in [0.29, 0.717) is 12.8 Å². The second-order valence-corrected chi connectivity index (χ2v) is 11.7. The molecule has 1 aromatic carbocycles. The molecule has 2 amide bonds. The lowest BCUT2D eigenvalue weighted by atomic mass is 10.0. The molecule has 0 radical (unpaired) electrons. The van der Waals surface area contributed by atoms with Gasteiger partial charge in [0, 0.05) is 0 Å². The topological polar surface area (TPSA) is 111 Å². The molecule has 0 atom stereocenters. The predicted octanol–water partition coefficient (Wildman–Crippen LogP) is 4.92. The third kappa shape index (κ3) is 7.90. The Bertz CT molecular complexity index is 841. The first-order chi connectivity index (χ1) is 14.8. The number of benzene rings is 1. The fraction of sp³-hybridized carbons (Fsp3) is 0.667. The minimum absolute atomic E-state index is 0.204. The van der Waals surface area contributed by atoms with Crippen LogP contribution in [0.15, 0.2) is 24.3 Å². The van der Waals surface area contributed by atoms with Crippen LogP contribution in [0.3, 0.4) is 0 Å². The Morgan fingerprint density at radius 1 is 1.03 bits per heavy atom. The Balaban J connectivity index is 2.17. The van der Waals surface area contributed by atoms with Crippen molar-refractivity contribution >= 4 is 34.6 Å². The number of carbonyl (C=O) groups is 1. The second kappa shape index (κ2) is 12.6. The molecule has 1 fully saturated rings. The first-order valence-corrected chi connectivity index (χ1v) is 14.2. The zero-order valence-electron chi connectivity index (χ0n) is 18.5. The van der Waals surface area contributed by atoms with Crippen LogP contribution in [0.4, 0.5) is 10.5 Å². The van der Waals surface area contributed by atoms with Gasteiger partial charge < -0.3 is 14.4 Å². The van der Waals surface area contributed by atoms with Gasteiger partial charge in [0.15, 0.2) is 0 Å². The molecule has 0 aromatic heterocycles. The molecule has 1 aliphatic rings. The van der Waals surface area contributed by atoms with Crippen molar-refractivity contribution < 1.29 is 26.8 Å². The van der Waals surface area contributed by atoms with Crippen molar-refractivity contribution in [2.45, 2.75) is 76.9 Å². The molecule has 2 N–H and O–H groups in total. The number of amides is 2. The summed E-state index contributed by atoms with van der Waals surface area (Å²) < 4.78 is 52.1. The standard InChI is InChI=1S/C21H35N2O6PS/c1-3-5-16-28-30(25,29-17-6-4-2)20-15-11-10-14-19(20)22-21(24)23-31(26,27)18-12-8-7-9-13-18/h10-11,14-15,18H,3-9,12-13,16-17H2,1-2H3,(H2,22,23,24). The Hall–Kier alpha value is -1.41. The van der Waals surface area contributed by atoms with Crippen LogP contribution >= 0.6 is 7.60 Å². The highest BCUT2D eigenvalue weighted by Gasteiger charge is 2.32. The maximum absolute atomic E-state index is 13.6. The predicted molar refractivity (Wildman–Crippen MR) is 123 cm³/mol. The molecule has 176 valence electrons. The monoisotopic (exact) mass is 474 g/mol. The first kappa shape index (κ1) is 25.8. The van der Waals surface area contributed by atoms with Crippen LogP contribution in [0.1, 0.15) is 71.6 Å². The van der Waals surface area contributed by atoms with E-state index in [1.807, 2.05) is 13.8 Å². The molecule has 0 heterocycles. The van der Waals surface area contributed by atoms with Gasteiger partial charge in [-0.15, -0.1) is 0 Å². The number of sulfonamides is 1. The van der Waals surface area contributed by atoms with Crippen LogP contribution in [0.25, 0.3) is 0 Å². The van der Waals surface area contributed by atoms with E-state index < -0.39 is 28.9 Å². The zero-order valence-corrected chi connectivity index (χ0v) is 20.2. The number of hydrogen-bond acceptors (Lipinski definition) is 6. The first-order valence-electron chi connectivity index (χ1n) is 11.1. The summed E-state index contributed by atoms with van der Waals surface area (Å²) in [6, 6.07) is 5.59. The van der Waals surface area contributed by atoms with Gasteiger partial charge in [0.05, 0.1) is 29.5 Å².